The average molecular weight is 266 g/mol. The van der Waals surface area contributed by atoms with Gasteiger partial charge in [0.25, 0.3) is 0 Å². The van der Waals surface area contributed by atoms with Crippen LogP contribution in [-0.4, -0.2) is 36.8 Å². The van der Waals surface area contributed by atoms with E-state index in [9.17, 15) is 13.2 Å². The lowest BCUT2D eigenvalue weighted by Gasteiger charge is -2.31. The molecule has 2 atom stereocenters. The van der Waals surface area contributed by atoms with Crippen molar-refractivity contribution in [1.29, 1.82) is 0 Å². The van der Waals surface area contributed by atoms with Crippen molar-refractivity contribution in [3.63, 3.8) is 0 Å². The third-order valence-corrected chi connectivity index (χ3v) is 4.01. The van der Waals surface area contributed by atoms with E-state index in [-0.39, 0.29) is 17.4 Å². The molecule has 0 aromatic heterocycles. The summed E-state index contributed by atoms with van der Waals surface area (Å²) >= 11 is 0. The van der Waals surface area contributed by atoms with Gasteiger partial charge in [0.1, 0.15) is 0 Å². The van der Waals surface area contributed by atoms with Crippen LogP contribution in [-0.2, 0) is 0 Å². The highest BCUT2D eigenvalue weighted by molar-refractivity contribution is 4.95. The van der Waals surface area contributed by atoms with Crippen LogP contribution in [0.4, 0.5) is 13.2 Å². The van der Waals surface area contributed by atoms with Crippen molar-refractivity contribution >= 4 is 0 Å². The molecule has 1 aliphatic carbocycles. The van der Waals surface area contributed by atoms with Gasteiger partial charge in [0.2, 0.25) is 0 Å². The molecule has 1 fully saturated rings. The number of hydrogen-bond acceptors (Lipinski definition) is 2. The van der Waals surface area contributed by atoms with Gasteiger partial charge in [0.05, 0.1) is 6.54 Å². The Morgan fingerprint density at radius 2 is 1.94 bits per heavy atom. The second-order valence-corrected chi connectivity index (χ2v) is 6.16. The maximum atomic E-state index is 12.5. The molecule has 108 valence electrons. The van der Waals surface area contributed by atoms with Crippen LogP contribution in [0.3, 0.4) is 0 Å². The Balaban J connectivity index is 2.57. The second kappa shape index (κ2) is 5.78. The van der Waals surface area contributed by atoms with Crippen LogP contribution < -0.4 is 5.73 Å². The van der Waals surface area contributed by atoms with Crippen molar-refractivity contribution in [2.75, 3.05) is 19.6 Å². The summed E-state index contributed by atoms with van der Waals surface area (Å²) in [5.41, 5.74) is 6.21. The Labute approximate surface area is 108 Å². The summed E-state index contributed by atoms with van der Waals surface area (Å²) in [5.74, 6) is 0.189. The highest BCUT2D eigenvalue weighted by Crippen LogP contribution is 2.40. The monoisotopic (exact) mass is 266 g/mol. The van der Waals surface area contributed by atoms with Crippen molar-refractivity contribution in [3.05, 3.63) is 0 Å². The second-order valence-electron chi connectivity index (χ2n) is 6.16. The first-order valence-electron chi connectivity index (χ1n) is 6.70. The molecule has 0 amide bonds. The molecule has 5 heteroatoms. The fraction of sp³-hybridized carbons (Fsp3) is 1.00. The van der Waals surface area contributed by atoms with Crippen LogP contribution >= 0.6 is 0 Å². The highest BCUT2D eigenvalue weighted by atomic mass is 19.4. The first-order chi connectivity index (χ1) is 8.15. The zero-order valence-corrected chi connectivity index (χ0v) is 11.6. The molecule has 0 aliphatic heterocycles. The van der Waals surface area contributed by atoms with Gasteiger partial charge in [-0.2, -0.15) is 13.2 Å². The molecule has 2 unspecified atom stereocenters. The molecule has 0 aromatic rings. The lowest BCUT2D eigenvalue weighted by molar-refractivity contribution is -0.147. The van der Waals surface area contributed by atoms with Gasteiger partial charge in [-0.05, 0) is 37.1 Å². The quantitative estimate of drug-likeness (QED) is 0.828. The summed E-state index contributed by atoms with van der Waals surface area (Å²) in [4.78, 5) is 1.51. The van der Waals surface area contributed by atoms with Gasteiger partial charge in [-0.3, -0.25) is 4.90 Å². The Hall–Kier alpha value is -0.290. The van der Waals surface area contributed by atoms with E-state index in [4.69, 9.17) is 5.73 Å². The smallest absolute Gasteiger partial charge is 0.327 e. The van der Waals surface area contributed by atoms with Crippen molar-refractivity contribution in [1.82, 2.24) is 4.90 Å². The molecule has 18 heavy (non-hydrogen) atoms. The maximum Gasteiger partial charge on any atom is 0.401 e. The Morgan fingerprint density at radius 1 is 1.33 bits per heavy atom. The molecule has 1 saturated carbocycles. The number of hydrogen-bond donors (Lipinski definition) is 1. The van der Waals surface area contributed by atoms with E-state index < -0.39 is 12.7 Å². The topological polar surface area (TPSA) is 29.3 Å². The summed E-state index contributed by atoms with van der Waals surface area (Å²) in [6, 6.07) is 0.00471. The number of nitrogens with two attached hydrogens (primary N) is 1. The zero-order chi connectivity index (χ0) is 14.0. The zero-order valence-electron chi connectivity index (χ0n) is 11.6. The summed E-state index contributed by atoms with van der Waals surface area (Å²) < 4.78 is 37.4. The van der Waals surface area contributed by atoms with E-state index in [1.807, 2.05) is 6.92 Å². The van der Waals surface area contributed by atoms with Crippen molar-refractivity contribution < 1.29 is 13.2 Å². The molecule has 0 bridgehead atoms. The first-order valence-corrected chi connectivity index (χ1v) is 6.70. The van der Waals surface area contributed by atoms with E-state index >= 15 is 0 Å². The summed E-state index contributed by atoms with van der Waals surface area (Å²) in [5, 5.41) is 0. The lowest BCUT2D eigenvalue weighted by atomic mass is 9.85. The van der Waals surface area contributed by atoms with E-state index in [1.165, 1.54) is 4.90 Å². The van der Waals surface area contributed by atoms with E-state index in [0.717, 1.165) is 19.3 Å². The van der Waals surface area contributed by atoms with Gasteiger partial charge >= 0.3 is 6.18 Å². The van der Waals surface area contributed by atoms with E-state index in [1.54, 1.807) is 0 Å². The Bertz CT molecular complexity index is 263. The molecule has 0 saturated heterocycles. The molecule has 2 N–H and O–H groups in total. The van der Waals surface area contributed by atoms with Crippen molar-refractivity contribution in [3.8, 4) is 0 Å². The number of alkyl halides is 3. The number of rotatable bonds is 5. The molecule has 0 radical (unpaired) electrons. The fourth-order valence-corrected chi connectivity index (χ4v) is 2.88. The van der Waals surface area contributed by atoms with Crippen LogP contribution in [0, 0.1) is 11.3 Å². The fourth-order valence-electron chi connectivity index (χ4n) is 2.88. The first kappa shape index (κ1) is 15.8. The van der Waals surface area contributed by atoms with Gasteiger partial charge in [0, 0.05) is 12.6 Å². The minimum Gasteiger partial charge on any atom is -0.327 e. The molecule has 0 heterocycles. The lowest BCUT2D eigenvalue weighted by Crippen LogP contribution is -2.44. The average Bonchev–Trinajstić information content (AvgIpc) is 2.43. The molecule has 0 aromatic carbocycles. The molecular formula is C13H25F3N2. The van der Waals surface area contributed by atoms with Crippen LogP contribution in [0.15, 0.2) is 0 Å². The predicted octanol–water partition coefficient (Wildman–Crippen LogP) is 3.02. The largest absolute Gasteiger partial charge is 0.401 e. The van der Waals surface area contributed by atoms with Gasteiger partial charge in [-0.15, -0.1) is 0 Å². The molecular weight excluding hydrogens is 241 g/mol. The molecule has 2 nitrogen and oxygen atoms in total. The highest BCUT2D eigenvalue weighted by Gasteiger charge is 2.41. The number of halogens is 3. The summed E-state index contributed by atoms with van der Waals surface area (Å²) in [6.07, 6.45) is -1.44. The van der Waals surface area contributed by atoms with Gasteiger partial charge in [0.15, 0.2) is 0 Å². The third kappa shape index (κ3) is 4.43. The van der Waals surface area contributed by atoms with Crippen LogP contribution in [0.5, 0.6) is 0 Å². The SMILES string of the molecule is CCCN(CC1CCC(C)(C)C1N)CC(F)(F)F. The predicted molar refractivity (Wildman–Crippen MR) is 67.3 cm³/mol. The van der Waals surface area contributed by atoms with Crippen LogP contribution in [0.2, 0.25) is 0 Å². The number of nitrogens with zero attached hydrogens (tertiary/aromatic N) is 1. The van der Waals surface area contributed by atoms with Gasteiger partial charge < -0.3 is 5.73 Å². The van der Waals surface area contributed by atoms with Crippen molar-refractivity contribution in [2.24, 2.45) is 17.1 Å². The van der Waals surface area contributed by atoms with Gasteiger partial charge in [-0.25, -0.2) is 0 Å². The van der Waals surface area contributed by atoms with E-state index in [2.05, 4.69) is 13.8 Å². The Morgan fingerprint density at radius 3 is 2.33 bits per heavy atom. The summed E-state index contributed by atoms with van der Waals surface area (Å²) in [6.45, 7) is 6.25. The van der Waals surface area contributed by atoms with E-state index in [0.29, 0.717) is 13.1 Å². The minimum absolute atomic E-state index is 0.00471. The minimum atomic E-state index is -4.12. The van der Waals surface area contributed by atoms with Crippen LogP contribution in [0.1, 0.15) is 40.0 Å². The standard InChI is InChI=1S/C13H25F3N2/c1-4-7-18(9-13(14,15)16)8-10-5-6-12(2,3)11(10)17/h10-11H,4-9,17H2,1-3H3. The normalized spacial score (nSPS) is 28.0. The molecule has 1 rings (SSSR count). The Kier molecular flexibility index (Phi) is 5.06. The summed E-state index contributed by atoms with van der Waals surface area (Å²) in [7, 11) is 0. The van der Waals surface area contributed by atoms with Gasteiger partial charge in [-0.1, -0.05) is 20.8 Å². The van der Waals surface area contributed by atoms with Crippen LogP contribution in [0.25, 0.3) is 0 Å². The maximum absolute atomic E-state index is 12.5. The molecule has 1 aliphatic rings. The third-order valence-electron chi connectivity index (χ3n) is 4.01. The van der Waals surface area contributed by atoms with Crippen molar-refractivity contribution in [2.45, 2.75) is 52.3 Å². The molecule has 0 spiro atoms.